The van der Waals surface area contributed by atoms with Crippen LogP contribution in [0.4, 0.5) is 13.2 Å². The Morgan fingerprint density at radius 3 is 2.46 bits per heavy atom. The third-order valence-electron chi connectivity index (χ3n) is 6.76. The predicted molar refractivity (Wildman–Crippen MR) is 137 cm³/mol. The van der Waals surface area contributed by atoms with Gasteiger partial charge in [0.1, 0.15) is 12.4 Å². The molecular formula is C29H28F3N3O2. The van der Waals surface area contributed by atoms with Gasteiger partial charge in [0.05, 0.1) is 13.2 Å². The first-order chi connectivity index (χ1) is 17.8. The number of aryl methyl sites for hydroxylation is 2. The molecule has 1 saturated heterocycles. The first-order valence-corrected chi connectivity index (χ1v) is 12.3. The van der Waals surface area contributed by atoms with Crippen LogP contribution >= 0.6 is 0 Å². The van der Waals surface area contributed by atoms with E-state index in [-0.39, 0.29) is 12.6 Å². The van der Waals surface area contributed by atoms with Gasteiger partial charge in [-0.2, -0.15) is 0 Å². The van der Waals surface area contributed by atoms with Gasteiger partial charge < -0.3 is 14.5 Å². The van der Waals surface area contributed by atoms with Gasteiger partial charge >= 0.3 is 0 Å². The largest absolute Gasteiger partial charge is 0.496 e. The third kappa shape index (κ3) is 5.05. The normalized spacial score (nSPS) is 18.6. The number of benzene rings is 2. The van der Waals surface area contributed by atoms with Crippen molar-refractivity contribution in [2.75, 3.05) is 20.3 Å². The zero-order valence-corrected chi connectivity index (χ0v) is 21.0. The Hall–Kier alpha value is -3.81. The summed E-state index contributed by atoms with van der Waals surface area (Å²) in [6.07, 6.45) is 4.11. The molecule has 0 amide bonds. The summed E-state index contributed by atoms with van der Waals surface area (Å²) in [4.78, 5) is 12.0. The van der Waals surface area contributed by atoms with E-state index >= 15 is 0 Å². The Labute approximate surface area is 214 Å². The number of piperidine rings is 1. The van der Waals surface area contributed by atoms with Gasteiger partial charge in [0.15, 0.2) is 23.3 Å². The average Bonchev–Trinajstić information content (AvgIpc) is 3.09. The molecule has 0 spiro atoms. The maximum atomic E-state index is 14.0. The van der Waals surface area contributed by atoms with Crippen molar-refractivity contribution in [1.29, 1.82) is 0 Å². The number of oxime groups is 1. The fourth-order valence-electron chi connectivity index (χ4n) is 5.16. The lowest BCUT2D eigenvalue weighted by Crippen LogP contribution is -2.39. The van der Waals surface area contributed by atoms with Crippen LogP contribution < -0.4 is 4.74 Å². The van der Waals surface area contributed by atoms with Gasteiger partial charge in [-0.1, -0.05) is 17.3 Å². The number of rotatable bonds is 4. The SMILES string of the molecule is COc1cc(/C=C2\CCCN3C2=NOCCC3c2cc(F)c(F)c(F)c2)ccc1-c1cc(C)nc(C)c1. The summed E-state index contributed by atoms with van der Waals surface area (Å²) in [6, 6.07) is 11.8. The number of hydrogen-bond acceptors (Lipinski definition) is 5. The van der Waals surface area contributed by atoms with Crippen LogP contribution in [0.1, 0.15) is 47.8 Å². The van der Waals surface area contributed by atoms with E-state index in [2.05, 4.69) is 10.1 Å². The summed E-state index contributed by atoms with van der Waals surface area (Å²) in [6.45, 7) is 4.86. The highest BCUT2D eigenvalue weighted by molar-refractivity contribution is 6.02. The zero-order chi connectivity index (χ0) is 26.1. The highest BCUT2D eigenvalue weighted by atomic mass is 19.2. The number of halogens is 3. The fraction of sp³-hybridized carbons (Fsp3) is 0.310. The molecule has 0 aliphatic carbocycles. The molecule has 2 aromatic carbocycles. The van der Waals surface area contributed by atoms with Crippen LogP contribution in [-0.4, -0.2) is 36.0 Å². The number of pyridine rings is 1. The van der Waals surface area contributed by atoms with E-state index < -0.39 is 17.5 Å². The summed E-state index contributed by atoms with van der Waals surface area (Å²) in [7, 11) is 1.65. The van der Waals surface area contributed by atoms with E-state index in [0.29, 0.717) is 24.4 Å². The smallest absolute Gasteiger partial charge is 0.194 e. The number of nitrogens with zero attached hydrogens (tertiary/aromatic N) is 3. The molecule has 0 bridgehead atoms. The summed E-state index contributed by atoms with van der Waals surface area (Å²) in [5, 5.41) is 4.36. The van der Waals surface area contributed by atoms with Crippen molar-refractivity contribution in [2.45, 2.75) is 39.2 Å². The Morgan fingerprint density at radius 1 is 1.03 bits per heavy atom. The number of aromatic nitrogens is 1. The topological polar surface area (TPSA) is 47.0 Å². The summed E-state index contributed by atoms with van der Waals surface area (Å²) >= 11 is 0. The molecule has 1 atom stereocenters. The van der Waals surface area contributed by atoms with E-state index in [1.807, 2.05) is 55.2 Å². The first kappa shape index (κ1) is 24.9. The zero-order valence-electron chi connectivity index (χ0n) is 21.0. The molecule has 0 radical (unpaired) electrons. The molecule has 1 unspecified atom stereocenters. The van der Waals surface area contributed by atoms with Gasteiger partial charge in [0, 0.05) is 29.9 Å². The van der Waals surface area contributed by atoms with Crippen LogP contribution in [0.2, 0.25) is 0 Å². The highest BCUT2D eigenvalue weighted by Crippen LogP contribution is 2.36. The molecule has 2 aliphatic rings. The van der Waals surface area contributed by atoms with Crippen LogP contribution in [0.3, 0.4) is 0 Å². The van der Waals surface area contributed by atoms with Gasteiger partial charge in [-0.25, -0.2) is 13.2 Å². The molecule has 1 aromatic heterocycles. The Balaban J connectivity index is 1.49. The van der Waals surface area contributed by atoms with Gasteiger partial charge in [-0.15, -0.1) is 0 Å². The predicted octanol–water partition coefficient (Wildman–Crippen LogP) is 6.75. The second kappa shape index (κ2) is 10.3. The summed E-state index contributed by atoms with van der Waals surface area (Å²) < 4.78 is 47.4. The van der Waals surface area contributed by atoms with Crippen LogP contribution in [0.15, 0.2) is 53.2 Å². The maximum Gasteiger partial charge on any atom is 0.194 e. The van der Waals surface area contributed by atoms with Crippen molar-refractivity contribution in [2.24, 2.45) is 5.16 Å². The van der Waals surface area contributed by atoms with Gasteiger partial charge in [0.25, 0.3) is 0 Å². The minimum Gasteiger partial charge on any atom is -0.496 e. The van der Waals surface area contributed by atoms with E-state index in [1.54, 1.807) is 7.11 Å². The number of amidine groups is 1. The Bertz CT molecular complexity index is 1360. The molecule has 37 heavy (non-hydrogen) atoms. The van der Waals surface area contributed by atoms with Crippen LogP contribution in [0.5, 0.6) is 5.75 Å². The molecule has 0 N–H and O–H groups in total. The maximum absolute atomic E-state index is 14.0. The molecule has 2 aliphatic heterocycles. The lowest BCUT2D eigenvalue weighted by atomic mass is 9.94. The monoisotopic (exact) mass is 507 g/mol. The minimum atomic E-state index is -1.46. The van der Waals surface area contributed by atoms with Crippen molar-refractivity contribution in [3.63, 3.8) is 0 Å². The quantitative estimate of drug-likeness (QED) is 0.367. The molecule has 5 rings (SSSR count). The van der Waals surface area contributed by atoms with E-state index in [1.165, 1.54) is 0 Å². The van der Waals surface area contributed by atoms with Gasteiger partial charge in [-0.3, -0.25) is 4.98 Å². The van der Waals surface area contributed by atoms with Gasteiger partial charge in [0.2, 0.25) is 0 Å². The third-order valence-corrected chi connectivity index (χ3v) is 6.76. The summed E-state index contributed by atoms with van der Waals surface area (Å²) in [5.74, 6) is -2.49. The standard InChI is InChI=1S/C29H28F3N3O2/c1-17-11-21(12-18(2)33-17)23-7-6-19(14-27(23)36-3)13-20-5-4-9-35-26(8-10-37-34-29(20)35)22-15-24(30)28(32)25(31)16-22/h6-7,11-16,26H,4-5,8-10H2,1-3H3/b20-13+. The van der Waals surface area contributed by atoms with Crippen molar-refractivity contribution >= 4 is 11.9 Å². The number of methoxy groups -OCH3 is 1. The minimum absolute atomic E-state index is 0.284. The Kier molecular flexibility index (Phi) is 6.91. The average molecular weight is 508 g/mol. The van der Waals surface area contributed by atoms with Gasteiger partial charge in [-0.05, 0) is 85.4 Å². The molecule has 3 aromatic rings. The second-order valence-corrected chi connectivity index (χ2v) is 9.42. The van der Waals surface area contributed by atoms with E-state index in [4.69, 9.17) is 9.57 Å². The van der Waals surface area contributed by atoms with Crippen LogP contribution in [-0.2, 0) is 4.84 Å². The molecule has 0 saturated carbocycles. The van der Waals surface area contributed by atoms with Crippen LogP contribution in [0, 0.1) is 31.3 Å². The van der Waals surface area contributed by atoms with Crippen molar-refractivity contribution < 1.29 is 22.7 Å². The van der Waals surface area contributed by atoms with E-state index in [0.717, 1.165) is 64.4 Å². The van der Waals surface area contributed by atoms with Crippen molar-refractivity contribution in [1.82, 2.24) is 9.88 Å². The molecule has 5 nitrogen and oxygen atoms in total. The van der Waals surface area contributed by atoms with E-state index in [9.17, 15) is 13.2 Å². The number of fused-ring (bicyclic) bond motifs is 1. The highest BCUT2D eigenvalue weighted by Gasteiger charge is 2.32. The molecular weight excluding hydrogens is 479 g/mol. The second-order valence-electron chi connectivity index (χ2n) is 9.42. The summed E-state index contributed by atoms with van der Waals surface area (Å²) in [5.41, 5.74) is 6.13. The van der Waals surface area contributed by atoms with Crippen molar-refractivity contribution in [3.05, 3.63) is 88.0 Å². The molecule has 192 valence electrons. The number of hydrogen-bond donors (Lipinski definition) is 0. The lowest BCUT2D eigenvalue weighted by molar-refractivity contribution is 0.140. The van der Waals surface area contributed by atoms with Crippen LogP contribution in [0.25, 0.3) is 17.2 Å². The molecule has 1 fully saturated rings. The fourth-order valence-corrected chi connectivity index (χ4v) is 5.16. The molecule has 8 heteroatoms. The molecule has 3 heterocycles. The lowest BCUT2D eigenvalue weighted by Gasteiger charge is -2.36. The first-order valence-electron chi connectivity index (χ1n) is 12.3. The Morgan fingerprint density at radius 2 is 1.76 bits per heavy atom. The van der Waals surface area contributed by atoms with Crippen molar-refractivity contribution in [3.8, 4) is 16.9 Å². The number of ether oxygens (including phenoxy) is 1.